The number of rotatable bonds is 0. The lowest BCUT2D eigenvalue weighted by atomic mass is 9.87. The van der Waals surface area contributed by atoms with Crippen molar-refractivity contribution in [1.29, 1.82) is 0 Å². The van der Waals surface area contributed by atoms with E-state index < -0.39 is 0 Å². The highest BCUT2D eigenvalue weighted by molar-refractivity contribution is 14.1. The lowest BCUT2D eigenvalue weighted by molar-refractivity contribution is 0.589. The van der Waals surface area contributed by atoms with Gasteiger partial charge >= 0.3 is 0 Å². The molecule has 17 heavy (non-hydrogen) atoms. The van der Waals surface area contributed by atoms with Crippen LogP contribution in [0.15, 0.2) is 45.6 Å². The van der Waals surface area contributed by atoms with E-state index in [4.69, 9.17) is 0 Å². The van der Waals surface area contributed by atoms with Crippen molar-refractivity contribution in [2.45, 2.75) is 26.2 Å². The smallest absolute Gasteiger partial charge is 0.0311 e. The van der Waals surface area contributed by atoms with Gasteiger partial charge in [0.15, 0.2) is 0 Å². The van der Waals surface area contributed by atoms with E-state index >= 15 is 0 Å². The molecule has 0 unspecified atom stereocenters. The number of benzene rings is 1. The average molecular weight is 423 g/mol. The molecule has 0 atom stereocenters. The van der Waals surface area contributed by atoms with Crippen LogP contribution in [0.1, 0.15) is 26.3 Å². The van der Waals surface area contributed by atoms with E-state index in [1.165, 1.54) is 13.6 Å². The molecule has 0 N–H and O–H groups in total. The Morgan fingerprint density at radius 1 is 1.12 bits per heavy atom. The third kappa shape index (κ3) is 5.53. The molecule has 1 aromatic heterocycles. The Morgan fingerprint density at radius 2 is 1.71 bits per heavy atom. The largest absolute Gasteiger partial charge is 0.152 e. The highest BCUT2D eigenvalue weighted by Gasteiger charge is 2.13. The average Bonchev–Trinajstić information content (AvgIpc) is 2.78. The molecule has 2 rings (SSSR count). The summed E-state index contributed by atoms with van der Waals surface area (Å²) in [5.41, 5.74) is 1.61. The van der Waals surface area contributed by atoms with Crippen molar-refractivity contribution in [3.05, 3.63) is 54.7 Å². The van der Waals surface area contributed by atoms with Crippen LogP contribution in [0.2, 0.25) is 0 Å². The summed E-state index contributed by atoms with van der Waals surface area (Å²) in [5.74, 6) is 0. The number of thiophene rings is 1. The van der Waals surface area contributed by atoms with Crippen LogP contribution in [0.25, 0.3) is 0 Å². The standard InChI is InChI=1S/C10H12BrI.C4H4S/c1-10(2,3)7-4-5-9(12)8(11)6-7;1-2-4-5-3-1/h4-6H,1-3H3;1-4H. The minimum absolute atomic E-state index is 0.243. The maximum absolute atomic E-state index is 3.53. The quantitative estimate of drug-likeness (QED) is 0.450. The Balaban J connectivity index is 0.000000239. The summed E-state index contributed by atoms with van der Waals surface area (Å²) in [6.07, 6.45) is 0. The molecule has 0 spiro atoms. The van der Waals surface area contributed by atoms with Crippen molar-refractivity contribution >= 4 is 49.9 Å². The summed E-state index contributed by atoms with van der Waals surface area (Å²) in [7, 11) is 0. The molecule has 0 aliphatic carbocycles. The third-order valence-electron chi connectivity index (χ3n) is 2.21. The second kappa shape index (κ2) is 6.90. The minimum Gasteiger partial charge on any atom is -0.152 e. The van der Waals surface area contributed by atoms with E-state index in [1.54, 1.807) is 11.3 Å². The molecule has 0 saturated heterocycles. The Morgan fingerprint density at radius 3 is 2.06 bits per heavy atom. The number of hydrogen-bond acceptors (Lipinski definition) is 1. The van der Waals surface area contributed by atoms with E-state index in [9.17, 15) is 0 Å². The lowest BCUT2D eigenvalue weighted by Crippen LogP contribution is -2.10. The van der Waals surface area contributed by atoms with Crippen LogP contribution in [-0.4, -0.2) is 0 Å². The van der Waals surface area contributed by atoms with Crippen molar-refractivity contribution in [1.82, 2.24) is 0 Å². The molecule has 0 saturated carbocycles. The molecule has 2 aromatic rings. The summed E-state index contributed by atoms with van der Waals surface area (Å²) >= 11 is 7.57. The van der Waals surface area contributed by atoms with Crippen LogP contribution in [0, 0.1) is 3.57 Å². The Kier molecular flexibility index (Phi) is 6.17. The molecule has 1 heterocycles. The molecule has 0 amide bonds. The fraction of sp³-hybridized carbons (Fsp3) is 0.286. The monoisotopic (exact) mass is 422 g/mol. The molecule has 0 radical (unpaired) electrons. The van der Waals surface area contributed by atoms with Gasteiger partial charge in [0, 0.05) is 8.04 Å². The van der Waals surface area contributed by atoms with Crippen molar-refractivity contribution in [2.75, 3.05) is 0 Å². The first-order valence-corrected chi connectivity index (χ1v) is 8.15. The van der Waals surface area contributed by atoms with Crippen molar-refractivity contribution in [2.24, 2.45) is 0 Å². The summed E-state index contributed by atoms with van der Waals surface area (Å²) in [5, 5.41) is 4.08. The summed E-state index contributed by atoms with van der Waals surface area (Å²) in [6.45, 7) is 6.67. The van der Waals surface area contributed by atoms with E-state index in [0.717, 1.165) is 0 Å². The highest BCUT2D eigenvalue weighted by atomic mass is 127. The molecule has 0 fully saturated rings. The van der Waals surface area contributed by atoms with Crippen molar-refractivity contribution in [3.8, 4) is 0 Å². The highest BCUT2D eigenvalue weighted by Crippen LogP contribution is 2.27. The van der Waals surface area contributed by atoms with E-state index in [1.807, 2.05) is 22.9 Å². The fourth-order valence-electron chi connectivity index (χ4n) is 1.19. The zero-order valence-corrected chi connectivity index (χ0v) is 14.8. The summed E-state index contributed by atoms with van der Waals surface area (Å²) in [4.78, 5) is 0. The molecule has 0 nitrogen and oxygen atoms in total. The molecule has 0 aliphatic rings. The SMILES string of the molecule is CC(C)(C)c1ccc(I)c(Br)c1.c1ccsc1. The first-order chi connectivity index (χ1) is 7.91. The van der Waals surface area contributed by atoms with Gasteiger partial charge in [-0.25, -0.2) is 0 Å². The predicted molar refractivity (Wildman–Crippen MR) is 89.9 cm³/mol. The van der Waals surface area contributed by atoms with Crippen LogP contribution in [0.5, 0.6) is 0 Å². The van der Waals surface area contributed by atoms with Gasteiger partial charge in [-0.1, -0.05) is 39.0 Å². The Labute approximate surface area is 130 Å². The Hall–Kier alpha value is 0.130. The van der Waals surface area contributed by atoms with Gasteiger partial charge in [0.25, 0.3) is 0 Å². The number of halogens is 2. The molecule has 0 bridgehead atoms. The van der Waals surface area contributed by atoms with E-state index in [2.05, 4.69) is 77.5 Å². The summed E-state index contributed by atoms with van der Waals surface area (Å²) < 4.78 is 2.45. The second-order valence-electron chi connectivity index (χ2n) is 4.67. The number of hydrogen-bond donors (Lipinski definition) is 0. The molecule has 1 aromatic carbocycles. The Bertz CT molecular complexity index is 427. The van der Waals surface area contributed by atoms with Gasteiger partial charge in [-0.15, -0.1) is 0 Å². The molecule has 3 heteroatoms. The van der Waals surface area contributed by atoms with E-state index in [0.29, 0.717) is 0 Å². The van der Waals surface area contributed by atoms with Gasteiger partial charge in [-0.2, -0.15) is 11.3 Å². The zero-order chi connectivity index (χ0) is 12.9. The second-order valence-corrected chi connectivity index (χ2v) is 7.51. The van der Waals surface area contributed by atoms with Crippen molar-refractivity contribution in [3.63, 3.8) is 0 Å². The maximum atomic E-state index is 3.53. The lowest BCUT2D eigenvalue weighted by Gasteiger charge is -2.19. The minimum atomic E-state index is 0.243. The van der Waals surface area contributed by atoms with Gasteiger partial charge in [0.2, 0.25) is 0 Å². The molecular weight excluding hydrogens is 407 g/mol. The first kappa shape index (κ1) is 15.2. The van der Waals surface area contributed by atoms with Crippen molar-refractivity contribution < 1.29 is 0 Å². The van der Waals surface area contributed by atoms with Crippen LogP contribution < -0.4 is 0 Å². The van der Waals surface area contributed by atoms with Gasteiger partial charge in [0.05, 0.1) is 0 Å². The van der Waals surface area contributed by atoms with Gasteiger partial charge < -0.3 is 0 Å². The molecular formula is C14H16BrIS. The predicted octanol–water partition coefficient (Wildman–Crippen LogP) is 6.10. The topological polar surface area (TPSA) is 0 Å². The van der Waals surface area contributed by atoms with Gasteiger partial charge in [-0.3, -0.25) is 0 Å². The maximum Gasteiger partial charge on any atom is 0.0311 e. The van der Waals surface area contributed by atoms with Crippen LogP contribution in [0.3, 0.4) is 0 Å². The molecule has 92 valence electrons. The van der Waals surface area contributed by atoms with Gasteiger partial charge in [-0.05, 0) is 72.4 Å². The third-order valence-corrected chi connectivity index (χ3v) is 5.18. The normalized spacial score (nSPS) is 10.6. The van der Waals surface area contributed by atoms with Crippen LogP contribution >= 0.6 is 49.9 Å². The molecule has 0 aliphatic heterocycles. The first-order valence-electron chi connectivity index (χ1n) is 5.34. The fourth-order valence-corrected chi connectivity index (χ4v) is 2.36. The van der Waals surface area contributed by atoms with Crippen LogP contribution in [0.4, 0.5) is 0 Å². The zero-order valence-electron chi connectivity index (χ0n) is 10.2. The van der Waals surface area contributed by atoms with E-state index in [-0.39, 0.29) is 5.41 Å². The van der Waals surface area contributed by atoms with Gasteiger partial charge in [0.1, 0.15) is 0 Å². The summed E-state index contributed by atoms with van der Waals surface area (Å²) in [6, 6.07) is 10.6. The van der Waals surface area contributed by atoms with Crippen LogP contribution in [-0.2, 0) is 5.41 Å².